The van der Waals surface area contributed by atoms with Gasteiger partial charge in [-0.2, -0.15) is 41.7 Å². The number of aliphatic hydroxyl groups excluding tert-OH is 2. The van der Waals surface area contributed by atoms with Gasteiger partial charge >= 0.3 is 132 Å². The van der Waals surface area contributed by atoms with E-state index in [9.17, 15) is 56.8 Å². The van der Waals surface area contributed by atoms with E-state index in [0.29, 0.717) is 118 Å². The van der Waals surface area contributed by atoms with E-state index in [0.717, 1.165) is 104 Å². The number of carbonyl (C=O) groups is 2. The van der Waals surface area contributed by atoms with E-state index in [1.54, 1.807) is 58.3 Å². The fourth-order valence-corrected chi connectivity index (χ4v) is 40.5. The number of ether oxygens (including phenoxy) is 2. The number of allylic oxidation sites excluding steroid dienone is 2. The third kappa shape index (κ3) is 46.9. The predicted octanol–water partition coefficient (Wildman–Crippen LogP) is 20.3. The largest absolute Gasteiger partial charge is 0.478 e. The number of nitrogens with one attached hydrogen (secondary N) is 1. The number of carboxylic acids is 1. The van der Waals surface area contributed by atoms with E-state index in [4.69, 9.17) is 69.8 Å². The first-order valence-corrected chi connectivity index (χ1v) is 64.0. The molecule has 0 radical (unpaired) electrons. The van der Waals surface area contributed by atoms with Crippen molar-refractivity contribution in [3.8, 4) is 0 Å². The van der Waals surface area contributed by atoms with Crippen molar-refractivity contribution in [3.05, 3.63) is 239 Å². The summed E-state index contributed by atoms with van der Waals surface area (Å²) in [5.41, 5.74) is 6.07. The fraction of sp³-hybridized carbons (Fsp3) is 0.463. The number of sulfonamides is 3. The number of aryl methyl sites for hydroxylation is 3. The summed E-state index contributed by atoms with van der Waals surface area (Å²) >= 11 is 10.9. The molecule has 4 atom stereocenters. The Morgan fingerprint density at radius 2 is 0.806 bits per heavy atom. The van der Waals surface area contributed by atoms with E-state index in [1.165, 1.54) is 84.5 Å². The molecule has 134 heavy (non-hydrogen) atoms. The number of rotatable bonds is 29. The Morgan fingerprint density at radius 1 is 0.455 bits per heavy atom. The average molecular weight is 2360 g/mol. The first-order valence-electron chi connectivity index (χ1n) is 43.8. The summed E-state index contributed by atoms with van der Waals surface area (Å²) in [5.74, 6) is -1.42. The van der Waals surface area contributed by atoms with Crippen molar-refractivity contribution in [2.24, 2.45) is 0 Å². The SMILES string of the molecule is C=CCc1ccc(C)cc1S(=O)(=O)N1CCCC(OCc2ccccc2)CC1.C=C[CH2][Sn]([CH2]CCC)([CH2]CCC)[CH2]CCC.CC(=O)c1ccc(Br)c(S(=O)(=O)Cl)c1.Cc1ccc(Br)c(S(=O)(=O)N2CCCC(O)CC2)c1.Cc1ccc(Br)c(S(=O)(=O)N2CCCC(OCc3ccccc3)CC2)c1.O=C(O)c1ccc(Br)c(S(=O)(=O)Cl)c1.O=C=O.O=C=O.O=C=O.OC1CCCNCC1. The van der Waals surface area contributed by atoms with Crippen molar-refractivity contribution in [3.63, 3.8) is 0 Å². The molecule has 27 nitrogen and oxygen atoms in total. The van der Waals surface area contributed by atoms with Crippen LogP contribution in [0, 0.1) is 20.8 Å². The van der Waals surface area contributed by atoms with E-state index in [-0.39, 0.29) is 68.5 Å². The number of ketones is 1. The average Bonchev–Trinajstić information content (AvgIpc) is 0.883. The molecule has 4 saturated heterocycles. The number of hydrogen-bond acceptors (Lipinski definition) is 23. The molecule has 11 rings (SSSR count). The van der Waals surface area contributed by atoms with Crippen molar-refractivity contribution in [1.82, 2.24) is 18.2 Å². The van der Waals surface area contributed by atoms with Crippen LogP contribution in [0.15, 0.2) is 219 Å². The van der Waals surface area contributed by atoms with E-state index in [1.807, 2.05) is 106 Å². The Labute approximate surface area is 839 Å². The molecular formula is C95H126Br4Cl2N4O23S5Sn. The van der Waals surface area contributed by atoms with Gasteiger partial charge in [-0.25, -0.2) is 46.9 Å². The smallest absolute Gasteiger partial charge is 0.373 e. The second-order valence-corrected chi connectivity index (χ2v) is 60.1. The molecule has 4 aliphatic heterocycles. The maximum absolute atomic E-state index is 13.3. The number of Topliss-reactive ketones (excluding diaryl/α,β-unsaturated/α-hetero) is 1. The summed E-state index contributed by atoms with van der Waals surface area (Å²) < 4.78 is 147. The summed E-state index contributed by atoms with van der Waals surface area (Å²) in [7, 11) is -7.99. The summed E-state index contributed by atoms with van der Waals surface area (Å²) in [6.45, 7) is 28.0. The normalized spacial score (nSPS) is 16.6. The molecule has 0 spiro atoms. The van der Waals surface area contributed by atoms with E-state index in [2.05, 4.69) is 109 Å². The number of benzene rings is 7. The van der Waals surface area contributed by atoms with Gasteiger partial charge < -0.3 is 30.1 Å². The predicted molar refractivity (Wildman–Crippen MR) is 536 cm³/mol. The van der Waals surface area contributed by atoms with Crippen molar-refractivity contribution < 1.29 is 105 Å². The number of aromatic carboxylic acids is 1. The maximum Gasteiger partial charge on any atom is 0.373 e. The van der Waals surface area contributed by atoms with E-state index >= 15 is 0 Å². The number of carboxylic acid groups (broad SMARTS) is 1. The van der Waals surface area contributed by atoms with Gasteiger partial charge in [0, 0.05) is 84.1 Å². The molecule has 39 heteroatoms. The molecule has 0 amide bonds. The number of unbranched alkanes of at least 4 members (excludes halogenated alkanes) is 3. The third-order valence-corrected chi connectivity index (χ3v) is 49.3. The molecule has 4 aliphatic rings. The van der Waals surface area contributed by atoms with Crippen LogP contribution >= 0.6 is 85.1 Å². The zero-order valence-corrected chi connectivity index (χ0v) is 91.6. The molecule has 0 aromatic heterocycles. The molecular weight excluding hydrogens is 2230 g/mol. The van der Waals surface area contributed by atoms with Crippen LogP contribution in [-0.2, 0) is 106 Å². The second kappa shape index (κ2) is 66.6. The van der Waals surface area contributed by atoms with Crippen molar-refractivity contribution in [2.45, 2.75) is 250 Å². The van der Waals surface area contributed by atoms with Crippen molar-refractivity contribution in [1.29, 1.82) is 0 Å². The molecule has 4 heterocycles. The topological polar surface area (TPSA) is 408 Å². The number of halogens is 6. The van der Waals surface area contributed by atoms with Gasteiger partial charge in [0.15, 0.2) is 5.78 Å². The first-order chi connectivity index (χ1) is 63.4. The summed E-state index contributed by atoms with van der Waals surface area (Å²) in [4.78, 5) is 71.0. The van der Waals surface area contributed by atoms with Gasteiger partial charge in [-0.3, -0.25) is 4.79 Å². The minimum absolute atomic E-state index is 0.0370. The van der Waals surface area contributed by atoms with Crippen LogP contribution in [0.5, 0.6) is 0 Å². The van der Waals surface area contributed by atoms with Gasteiger partial charge in [0.1, 0.15) is 0 Å². The molecule has 4 N–H and O–H groups in total. The second-order valence-electron chi connectivity index (χ2n) is 31.9. The standard InChI is InChI=1S/C23H29NO3S.C20H24BrNO3S.C13H18BrNO3S.C8H6BrClO3S.C7H4BrClO4S.C6H13NO.3C4H9.C3H5.3CO2.Sn/c1-3-8-21-13-12-19(2)17-23(21)28(25,26)24-15-7-11-22(14-16-24)27-18-20-9-5-4-6-10-20;1-16-9-10-19(21)20(14-16)26(23,24)22-12-5-8-18(11-13-22)25-15-17-6-3-2-4-7-17;1-10-4-5-12(14)13(9-10)19(17,18)15-7-2-3-11(16)6-8-15;1-5(11)6-2-3-7(9)8(4-6)14(10,12)13;8-5-2-1-4(7(10)11)3-6(5)14(9,12)13;8-6-2-1-4-7-5-3-6;3*1-3-4-2;1-3-2;3*2-1-3;/h3-6,9-10,12-13,17,22H,1,7-8,11,14-16,18H2,2H3;2-4,6-7,9-10,14,18H,5,8,11-13,15H2,1H3;4-5,9,11,16H,2-3,6-8H2,1H3;2-4H,1H3;1-3H,(H,10,11);6-8H,1-5H2;3*1,3-4H2,2H3;3H,1-2H2;;;;. The molecule has 0 aliphatic carbocycles. The van der Waals surface area contributed by atoms with Crippen LogP contribution in [0.1, 0.15) is 197 Å². The van der Waals surface area contributed by atoms with Crippen molar-refractivity contribution in [2.75, 3.05) is 52.4 Å². The third-order valence-electron chi connectivity index (χ3n) is 21.5. The van der Waals surface area contributed by atoms with Crippen LogP contribution in [-0.4, -0.2) is 196 Å². The summed E-state index contributed by atoms with van der Waals surface area (Å²) in [6, 6.07) is 44.4. The Bertz CT molecular complexity index is 5340. The zero-order chi connectivity index (χ0) is 101. The fourth-order valence-electron chi connectivity index (χ4n) is 14.4. The summed E-state index contributed by atoms with van der Waals surface area (Å²) in [6.07, 6.45) is 23.4. The Kier molecular flexibility index (Phi) is 61.7. The van der Waals surface area contributed by atoms with Gasteiger partial charge in [0.05, 0.1) is 67.7 Å². The first kappa shape index (κ1) is 124. The minimum Gasteiger partial charge on any atom is -0.478 e. The quantitative estimate of drug-likeness (QED) is 0.0146. The van der Waals surface area contributed by atoms with E-state index < -0.39 is 72.5 Å². The molecule has 4 fully saturated rings. The van der Waals surface area contributed by atoms with Crippen LogP contribution in [0.2, 0.25) is 17.7 Å². The zero-order valence-electron chi connectivity index (χ0n) is 76.8. The van der Waals surface area contributed by atoms with Crippen LogP contribution in [0.3, 0.4) is 0 Å². The molecule has 4 unspecified atom stereocenters. The van der Waals surface area contributed by atoms with Crippen molar-refractivity contribution >= 4 is 182 Å². The molecule has 0 bridgehead atoms. The monoisotopic (exact) mass is 2360 g/mol. The van der Waals surface area contributed by atoms with Gasteiger partial charge in [0.2, 0.25) is 30.1 Å². The van der Waals surface area contributed by atoms with Gasteiger partial charge in [-0.05, 0) is 282 Å². The van der Waals surface area contributed by atoms with Gasteiger partial charge in [0.25, 0.3) is 18.1 Å². The molecule has 7 aromatic rings. The van der Waals surface area contributed by atoms with Crippen LogP contribution < -0.4 is 5.32 Å². The maximum atomic E-state index is 13.3. The Hall–Kier alpha value is -5.97. The number of hydrogen-bond donors (Lipinski definition) is 4. The molecule has 0 saturated carbocycles. The number of aliphatic hydroxyl groups is 2. The van der Waals surface area contributed by atoms with Crippen LogP contribution in [0.25, 0.3) is 0 Å². The molecule has 740 valence electrons. The summed E-state index contributed by atoms with van der Waals surface area (Å²) in [5, 5.41) is 30.5. The van der Waals surface area contributed by atoms with Crippen LogP contribution in [0.4, 0.5) is 0 Å². The van der Waals surface area contributed by atoms with Gasteiger partial charge in [-0.1, -0.05) is 97.1 Å². The minimum atomic E-state index is -3.93. The number of nitrogens with zero attached hydrogens (tertiary/aromatic N) is 3. The number of carbonyl (C=O) groups excluding carboxylic acids is 7. The Morgan fingerprint density at radius 3 is 1.19 bits per heavy atom. The molecule has 7 aromatic carbocycles. The van der Waals surface area contributed by atoms with Gasteiger partial charge in [-0.15, -0.1) is 6.58 Å². The Balaban J connectivity index is 0.000000534.